The van der Waals surface area contributed by atoms with Crippen LogP contribution >= 0.6 is 0 Å². The number of benzene rings is 7. The molecule has 0 radical (unpaired) electrons. The van der Waals surface area contributed by atoms with E-state index < -0.39 is 0 Å². The predicted molar refractivity (Wildman–Crippen MR) is 281 cm³/mol. The molecule has 11 rings (SSSR count). The summed E-state index contributed by atoms with van der Waals surface area (Å²) in [5, 5.41) is 0. The number of hydrogen-bond acceptors (Lipinski definition) is 2. The summed E-state index contributed by atoms with van der Waals surface area (Å²) in [4.78, 5) is 5.33. The molecule has 0 amide bonds. The van der Waals surface area contributed by atoms with Gasteiger partial charge in [-0.1, -0.05) is 173 Å². The van der Waals surface area contributed by atoms with Gasteiger partial charge in [-0.3, -0.25) is 0 Å². The zero-order chi connectivity index (χ0) is 45.6. The first-order chi connectivity index (χ1) is 30.7. The molecule has 7 aromatic carbocycles. The van der Waals surface area contributed by atoms with E-state index in [9.17, 15) is 0 Å². The third-order valence-electron chi connectivity index (χ3n) is 16.2. The molecule has 0 atom stereocenters. The van der Waals surface area contributed by atoms with Crippen molar-refractivity contribution in [1.29, 1.82) is 0 Å². The number of hydrogen-bond donors (Lipinski definition) is 0. The van der Waals surface area contributed by atoms with E-state index in [0.29, 0.717) is 0 Å². The van der Waals surface area contributed by atoms with E-state index >= 15 is 0 Å². The number of fused-ring (bicyclic) bond motifs is 6. The highest BCUT2D eigenvalue weighted by Gasteiger charge is 2.49. The molecule has 4 aliphatic rings. The van der Waals surface area contributed by atoms with Crippen molar-refractivity contribution in [2.24, 2.45) is 0 Å². The molecule has 2 aliphatic carbocycles. The zero-order valence-corrected chi connectivity index (χ0v) is 40.9. The monoisotopic (exact) mass is 849 g/mol. The van der Waals surface area contributed by atoms with E-state index in [1.807, 2.05) is 0 Å². The van der Waals surface area contributed by atoms with Crippen molar-refractivity contribution in [2.45, 2.75) is 129 Å². The van der Waals surface area contributed by atoms with Gasteiger partial charge < -0.3 is 9.80 Å². The molecule has 3 heteroatoms. The molecule has 0 saturated carbocycles. The van der Waals surface area contributed by atoms with Crippen molar-refractivity contribution in [3.05, 3.63) is 173 Å². The largest absolute Gasteiger partial charge is 0.311 e. The van der Waals surface area contributed by atoms with Crippen molar-refractivity contribution < 1.29 is 0 Å². The minimum absolute atomic E-state index is 0.0249. The van der Waals surface area contributed by atoms with Crippen molar-refractivity contribution >= 4 is 57.2 Å². The van der Waals surface area contributed by atoms with Crippen molar-refractivity contribution in [2.75, 3.05) is 9.80 Å². The summed E-state index contributed by atoms with van der Waals surface area (Å²) in [6.45, 7) is 29.3. The van der Waals surface area contributed by atoms with Gasteiger partial charge in [0.05, 0.1) is 0 Å². The average Bonchev–Trinajstić information content (AvgIpc) is 3.46. The maximum absolute atomic E-state index is 2.73. The Labute approximate surface area is 389 Å². The van der Waals surface area contributed by atoms with Crippen LogP contribution in [0.25, 0.3) is 22.3 Å². The fourth-order valence-electron chi connectivity index (χ4n) is 12.6. The summed E-state index contributed by atoms with van der Waals surface area (Å²) in [6, 6.07) is 54.0. The van der Waals surface area contributed by atoms with E-state index in [0.717, 1.165) is 6.42 Å². The van der Waals surface area contributed by atoms with Crippen LogP contribution in [-0.2, 0) is 27.1 Å². The Morgan fingerprint density at radius 2 is 0.908 bits per heavy atom. The van der Waals surface area contributed by atoms with E-state index in [1.54, 1.807) is 0 Å². The van der Waals surface area contributed by atoms with Gasteiger partial charge in [-0.25, -0.2) is 0 Å². The minimum Gasteiger partial charge on any atom is -0.311 e. The highest BCUT2D eigenvalue weighted by Crippen LogP contribution is 2.55. The third-order valence-corrected chi connectivity index (χ3v) is 16.2. The van der Waals surface area contributed by atoms with E-state index in [4.69, 9.17) is 0 Å². The molecule has 2 heterocycles. The molecule has 65 heavy (non-hydrogen) atoms. The van der Waals surface area contributed by atoms with E-state index in [-0.39, 0.29) is 33.8 Å². The van der Waals surface area contributed by atoms with Crippen molar-refractivity contribution in [3.8, 4) is 22.3 Å². The van der Waals surface area contributed by atoms with Gasteiger partial charge in [0.25, 0.3) is 6.71 Å². The van der Waals surface area contributed by atoms with Gasteiger partial charge in [-0.15, -0.1) is 0 Å². The number of nitrogens with zero attached hydrogens (tertiary/aromatic N) is 2. The van der Waals surface area contributed by atoms with Gasteiger partial charge in [0.15, 0.2) is 0 Å². The maximum Gasteiger partial charge on any atom is 0.252 e. The Morgan fingerprint density at radius 1 is 0.431 bits per heavy atom. The summed E-state index contributed by atoms with van der Waals surface area (Å²) in [6.07, 6.45) is 3.50. The van der Waals surface area contributed by atoms with Crippen LogP contribution in [0.1, 0.15) is 129 Å². The highest BCUT2D eigenvalue weighted by atomic mass is 15.2. The molecule has 326 valence electrons. The second-order valence-electron chi connectivity index (χ2n) is 23.7. The second-order valence-corrected chi connectivity index (χ2v) is 23.7. The molecule has 0 fully saturated rings. The second kappa shape index (κ2) is 14.1. The summed E-state index contributed by atoms with van der Waals surface area (Å²) in [5.74, 6) is 0. The number of anilines is 6. The first-order valence-electron chi connectivity index (χ1n) is 24.2. The molecule has 2 aliphatic heterocycles. The first kappa shape index (κ1) is 41.9. The molecule has 0 saturated heterocycles. The van der Waals surface area contributed by atoms with Crippen LogP contribution in [0.15, 0.2) is 140 Å². The van der Waals surface area contributed by atoms with Gasteiger partial charge in [0.2, 0.25) is 0 Å². The van der Waals surface area contributed by atoms with E-state index in [1.165, 1.54) is 119 Å². The molecule has 7 aromatic rings. The normalized spacial score (nSPS) is 18.1. The molecular formula is C62H65BN2. The third kappa shape index (κ3) is 6.50. The first-order valence-corrected chi connectivity index (χ1v) is 24.2. The molecule has 0 N–H and O–H groups in total. The molecule has 0 bridgehead atoms. The summed E-state index contributed by atoms with van der Waals surface area (Å²) in [5.41, 5.74) is 25.6. The fraction of sp³-hybridized carbons (Fsp3) is 0.323. The number of rotatable bonds is 4. The predicted octanol–water partition coefficient (Wildman–Crippen LogP) is 15.0. The van der Waals surface area contributed by atoms with Crippen LogP contribution in [0.4, 0.5) is 34.1 Å². The van der Waals surface area contributed by atoms with Gasteiger partial charge in [-0.2, -0.15) is 0 Å². The van der Waals surface area contributed by atoms with Crippen LogP contribution < -0.4 is 26.2 Å². The van der Waals surface area contributed by atoms with Gasteiger partial charge in [0.1, 0.15) is 0 Å². The number of aryl methyl sites for hydroxylation is 1. The summed E-state index contributed by atoms with van der Waals surface area (Å²) >= 11 is 0. The molecular weight excluding hydrogens is 784 g/mol. The molecule has 2 nitrogen and oxygen atoms in total. The Balaban J connectivity index is 1.26. The lowest BCUT2D eigenvalue weighted by Crippen LogP contribution is -2.61. The zero-order valence-electron chi connectivity index (χ0n) is 40.9. The summed E-state index contributed by atoms with van der Waals surface area (Å²) < 4.78 is 0. The van der Waals surface area contributed by atoms with Gasteiger partial charge in [-0.05, 0) is 168 Å². The van der Waals surface area contributed by atoms with E-state index in [2.05, 4.69) is 232 Å². The molecule has 0 spiro atoms. The topological polar surface area (TPSA) is 6.48 Å². The fourth-order valence-corrected chi connectivity index (χ4v) is 12.6. The quantitative estimate of drug-likeness (QED) is 0.163. The smallest absolute Gasteiger partial charge is 0.252 e. The molecule has 0 aromatic heterocycles. The van der Waals surface area contributed by atoms with Crippen molar-refractivity contribution in [3.63, 3.8) is 0 Å². The van der Waals surface area contributed by atoms with Crippen molar-refractivity contribution in [1.82, 2.24) is 0 Å². The Bertz CT molecular complexity index is 3050. The Morgan fingerprint density at radius 3 is 1.51 bits per heavy atom. The molecule has 0 unspecified atom stereocenters. The highest BCUT2D eigenvalue weighted by molar-refractivity contribution is 7.00. The van der Waals surface area contributed by atoms with Gasteiger partial charge >= 0.3 is 0 Å². The van der Waals surface area contributed by atoms with Crippen LogP contribution in [0.2, 0.25) is 0 Å². The van der Waals surface area contributed by atoms with Crippen LogP contribution in [-0.4, -0.2) is 6.71 Å². The summed E-state index contributed by atoms with van der Waals surface area (Å²) in [7, 11) is 0. The standard InChI is InChI=1S/C62H65BN2/c1-39-31-46-48(60(7,8)30-29-59(46,5)6)36-53(39)65-54-37-49-47(61(9,10)38-62(49,11)12)35-51(54)63-50-32-43(41-21-17-14-18-22-41)25-28-52(50)64(55-33-44(58(2,3)4)34-56(65)57(55)63)45-26-23-42(24-27-45)40-19-15-13-16-20-40/h13-28,31-37H,29-30,38H2,1-12H3. The Hall–Kier alpha value is -5.80. The Kier molecular flexibility index (Phi) is 9.09. The average molecular weight is 849 g/mol. The lowest BCUT2D eigenvalue weighted by atomic mass is 9.33. The van der Waals surface area contributed by atoms with Crippen LogP contribution in [0.5, 0.6) is 0 Å². The van der Waals surface area contributed by atoms with Crippen LogP contribution in [0.3, 0.4) is 0 Å². The lowest BCUT2D eigenvalue weighted by Gasteiger charge is -2.47. The SMILES string of the molecule is Cc1cc2c(cc1N1c3cc4c(cc3B3c5cc(-c6ccccc6)ccc5N(c5ccc(-c6ccccc6)cc5)c5cc(C(C)(C)C)cc1c53)C(C)(C)CC4(C)C)C(C)(C)CCC2(C)C. The maximum atomic E-state index is 2.73. The minimum atomic E-state index is -0.103. The lowest BCUT2D eigenvalue weighted by molar-refractivity contribution is 0.332. The van der Waals surface area contributed by atoms with Crippen LogP contribution in [0, 0.1) is 6.92 Å². The van der Waals surface area contributed by atoms with Gasteiger partial charge in [0, 0.05) is 34.1 Å².